The van der Waals surface area contributed by atoms with E-state index in [1.807, 2.05) is 0 Å². The third-order valence-electron chi connectivity index (χ3n) is 3.50. The number of nitro groups is 1. The first-order valence-electron chi connectivity index (χ1n) is 7.62. The second-order valence-corrected chi connectivity index (χ2v) is 5.94. The van der Waals surface area contributed by atoms with Gasteiger partial charge in [-0.15, -0.1) is 0 Å². The number of carbonyl (C=O) groups excluding carboxylic acids is 2. The Morgan fingerprint density at radius 2 is 1.89 bits per heavy atom. The van der Waals surface area contributed by atoms with Crippen molar-refractivity contribution in [1.29, 1.82) is 0 Å². The van der Waals surface area contributed by atoms with Crippen LogP contribution in [0, 0.1) is 10.1 Å². The molecule has 2 aromatic carbocycles. The number of non-ortho nitro benzene ring substituents is 1. The normalized spacial score (nSPS) is 12.2. The molecular formula is C17H12ClF3N2O5. The molecule has 1 unspecified atom stereocenters. The van der Waals surface area contributed by atoms with Crippen LogP contribution in [0.15, 0.2) is 42.5 Å². The fourth-order valence-electron chi connectivity index (χ4n) is 2.06. The quantitative estimate of drug-likeness (QED) is 0.441. The summed E-state index contributed by atoms with van der Waals surface area (Å²) in [7, 11) is 0. The van der Waals surface area contributed by atoms with E-state index < -0.39 is 34.6 Å². The van der Waals surface area contributed by atoms with E-state index in [9.17, 15) is 32.9 Å². The molecule has 0 aliphatic rings. The van der Waals surface area contributed by atoms with Crippen molar-refractivity contribution in [3.8, 4) is 0 Å². The van der Waals surface area contributed by atoms with E-state index in [2.05, 4.69) is 5.32 Å². The van der Waals surface area contributed by atoms with Crippen LogP contribution in [-0.4, -0.2) is 22.9 Å². The van der Waals surface area contributed by atoms with Gasteiger partial charge in [-0.1, -0.05) is 17.7 Å². The molecule has 0 fully saturated rings. The van der Waals surface area contributed by atoms with Crippen molar-refractivity contribution in [2.45, 2.75) is 19.2 Å². The van der Waals surface area contributed by atoms with Crippen LogP contribution in [0.2, 0.25) is 5.02 Å². The molecule has 1 N–H and O–H groups in total. The number of nitrogens with one attached hydrogen (secondary N) is 1. The molecule has 11 heteroatoms. The van der Waals surface area contributed by atoms with E-state index in [1.54, 1.807) is 0 Å². The second kappa shape index (κ2) is 8.26. The summed E-state index contributed by atoms with van der Waals surface area (Å²) < 4.78 is 43.0. The van der Waals surface area contributed by atoms with Gasteiger partial charge in [0.15, 0.2) is 6.10 Å². The first-order chi connectivity index (χ1) is 13.0. The topological polar surface area (TPSA) is 98.5 Å². The molecule has 0 spiro atoms. The Hall–Kier alpha value is -3.14. The lowest BCUT2D eigenvalue weighted by atomic mass is 10.1. The van der Waals surface area contributed by atoms with E-state index in [0.29, 0.717) is 6.07 Å². The number of hydrogen-bond donors (Lipinski definition) is 1. The largest absolute Gasteiger partial charge is 0.449 e. The van der Waals surface area contributed by atoms with Crippen molar-refractivity contribution >= 4 is 34.9 Å². The van der Waals surface area contributed by atoms with E-state index in [0.717, 1.165) is 30.3 Å². The molecule has 0 radical (unpaired) electrons. The Kier molecular flexibility index (Phi) is 6.24. The van der Waals surface area contributed by atoms with Crippen molar-refractivity contribution < 1.29 is 32.4 Å². The lowest BCUT2D eigenvalue weighted by Crippen LogP contribution is -2.30. The third kappa shape index (κ3) is 5.19. The lowest BCUT2D eigenvalue weighted by Gasteiger charge is -2.15. The van der Waals surface area contributed by atoms with E-state index in [4.69, 9.17) is 16.3 Å². The standard InChI is InChI=1S/C17H12ClF3N2O5/c1-9(15(24)22-14-6-5-12(23(26)27)8-13(14)18)28-16(25)10-3-2-4-11(7-10)17(19,20)21/h2-9H,1H3,(H,22,24). The monoisotopic (exact) mass is 416 g/mol. The van der Waals surface area contributed by atoms with Gasteiger partial charge in [-0.05, 0) is 31.2 Å². The molecule has 0 heterocycles. The molecule has 1 amide bonds. The number of esters is 1. The maximum Gasteiger partial charge on any atom is 0.416 e. The van der Waals surface area contributed by atoms with Crippen LogP contribution in [-0.2, 0) is 15.7 Å². The highest BCUT2D eigenvalue weighted by atomic mass is 35.5. The zero-order valence-corrected chi connectivity index (χ0v) is 14.9. The summed E-state index contributed by atoms with van der Waals surface area (Å²) in [6.07, 6.45) is -6.00. The fourth-order valence-corrected chi connectivity index (χ4v) is 2.28. The first kappa shape index (κ1) is 21.2. The summed E-state index contributed by atoms with van der Waals surface area (Å²) in [4.78, 5) is 34.1. The van der Waals surface area contributed by atoms with E-state index in [1.165, 1.54) is 13.0 Å². The molecule has 1 atom stereocenters. The highest BCUT2D eigenvalue weighted by Crippen LogP contribution is 2.30. The summed E-state index contributed by atoms with van der Waals surface area (Å²) in [6.45, 7) is 1.21. The average Bonchev–Trinajstić information content (AvgIpc) is 2.62. The first-order valence-corrected chi connectivity index (χ1v) is 8.00. The van der Waals surface area contributed by atoms with Gasteiger partial charge >= 0.3 is 12.1 Å². The SMILES string of the molecule is CC(OC(=O)c1cccc(C(F)(F)F)c1)C(=O)Nc1ccc([N+](=O)[O-])cc1Cl. The zero-order valence-electron chi connectivity index (χ0n) is 14.1. The Morgan fingerprint density at radius 1 is 1.21 bits per heavy atom. The highest BCUT2D eigenvalue weighted by molar-refractivity contribution is 6.34. The maximum absolute atomic E-state index is 12.7. The van der Waals surface area contributed by atoms with Gasteiger partial charge in [-0.2, -0.15) is 13.2 Å². The van der Waals surface area contributed by atoms with E-state index in [-0.39, 0.29) is 22.0 Å². The summed E-state index contributed by atoms with van der Waals surface area (Å²) >= 11 is 5.85. The number of alkyl halides is 3. The summed E-state index contributed by atoms with van der Waals surface area (Å²) in [5.41, 5.74) is -1.65. The van der Waals surface area contributed by atoms with Crippen LogP contribution in [0.3, 0.4) is 0 Å². The predicted octanol–water partition coefficient (Wildman–Crippen LogP) is 4.45. The molecule has 2 aromatic rings. The zero-order chi connectivity index (χ0) is 21.1. The minimum absolute atomic E-state index is 0.0410. The number of nitro benzene ring substituents is 1. The van der Waals surface area contributed by atoms with Crippen molar-refractivity contribution in [3.63, 3.8) is 0 Å². The molecule has 0 aromatic heterocycles. The Morgan fingerprint density at radius 3 is 2.46 bits per heavy atom. The number of halogens is 4. The highest BCUT2D eigenvalue weighted by Gasteiger charge is 2.31. The van der Waals surface area contributed by atoms with Gasteiger partial charge in [0.25, 0.3) is 11.6 Å². The molecule has 148 valence electrons. The third-order valence-corrected chi connectivity index (χ3v) is 3.81. The van der Waals surface area contributed by atoms with Gasteiger partial charge < -0.3 is 10.1 Å². The van der Waals surface area contributed by atoms with Crippen LogP contribution in [0.1, 0.15) is 22.8 Å². The van der Waals surface area contributed by atoms with Gasteiger partial charge in [0.05, 0.1) is 26.8 Å². The molecule has 0 saturated heterocycles. The summed E-state index contributed by atoms with van der Waals surface area (Å²) in [5.74, 6) is -1.94. The second-order valence-electron chi connectivity index (χ2n) is 5.54. The Balaban J connectivity index is 2.06. The minimum Gasteiger partial charge on any atom is -0.449 e. The van der Waals surface area contributed by atoms with Crippen molar-refractivity contribution in [2.75, 3.05) is 5.32 Å². The van der Waals surface area contributed by atoms with Gasteiger partial charge in [0, 0.05) is 12.1 Å². The number of hydrogen-bond acceptors (Lipinski definition) is 5. The van der Waals surface area contributed by atoms with Gasteiger partial charge in [-0.3, -0.25) is 14.9 Å². The fraction of sp³-hybridized carbons (Fsp3) is 0.176. The molecule has 28 heavy (non-hydrogen) atoms. The minimum atomic E-state index is -4.63. The van der Waals surface area contributed by atoms with Crippen molar-refractivity contribution in [1.82, 2.24) is 0 Å². The van der Waals surface area contributed by atoms with Crippen molar-refractivity contribution in [2.24, 2.45) is 0 Å². The number of ether oxygens (including phenoxy) is 1. The molecule has 2 rings (SSSR count). The Labute approximate surface area is 161 Å². The average molecular weight is 417 g/mol. The number of anilines is 1. The van der Waals surface area contributed by atoms with E-state index >= 15 is 0 Å². The van der Waals surface area contributed by atoms with Crippen LogP contribution in [0.5, 0.6) is 0 Å². The number of nitrogens with zero attached hydrogens (tertiary/aromatic N) is 1. The lowest BCUT2D eigenvalue weighted by molar-refractivity contribution is -0.384. The number of amides is 1. The van der Waals surface area contributed by atoms with Gasteiger partial charge in [-0.25, -0.2) is 4.79 Å². The molecule has 0 aliphatic carbocycles. The van der Waals surface area contributed by atoms with Gasteiger partial charge in [0.1, 0.15) is 0 Å². The van der Waals surface area contributed by atoms with Crippen molar-refractivity contribution in [3.05, 3.63) is 68.7 Å². The maximum atomic E-state index is 12.7. The van der Waals surface area contributed by atoms with Gasteiger partial charge in [0.2, 0.25) is 0 Å². The molecular weight excluding hydrogens is 405 g/mol. The molecule has 0 aliphatic heterocycles. The summed E-state index contributed by atoms with van der Waals surface area (Å²) in [6, 6.07) is 6.90. The van der Waals surface area contributed by atoms with Crippen LogP contribution in [0.25, 0.3) is 0 Å². The van der Waals surface area contributed by atoms with Crippen LogP contribution < -0.4 is 5.32 Å². The molecule has 0 saturated carbocycles. The molecule has 7 nitrogen and oxygen atoms in total. The predicted molar refractivity (Wildman–Crippen MR) is 93.1 cm³/mol. The smallest absolute Gasteiger partial charge is 0.416 e. The molecule has 0 bridgehead atoms. The van der Waals surface area contributed by atoms with Crippen LogP contribution in [0.4, 0.5) is 24.5 Å². The van der Waals surface area contributed by atoms with Crippen LogP contribution >= 0.6 is 11.6 Å². The number of carbonyl (C=O) groups is 2. The number of benzene rings is 2. The number of rotatable bonds is 5. The summed E-state index contributed by atoms with van der Waals surface area (Å²) in [5, 5.41) is 12.9. The Bertz CT molecular complexity index is 933.